The van der Waals surface area contributed by atoms with Crippen molar-refractivity contribution in [2.45, 2.75) is 40.2 Å². The van der Waals surface area contributed by atoms with Crippen LogP contribution in [0.4, 0.5) is 11.5 Å². The fourth-order valence-electron chi connectivity index (χ4n) is 3.37. The average Bonchev–Trinajstić information content (AvgIpc) is 2.63. The van der Waals surface area contributed by atoms with Crippen LogP contribution in [0.3, 0.4) is 0 Å². The molecule has 5 heteroatoms. The maximum atomic E-state index is 12.2. The number of carbonyl (C=O) groups is 1. The van der Waals surface area contributed by atoms with E-state index >= 15 is 0 Å². The molecule has 0 atom stereocenters. The lowest BCUT2D eigenvalue weighted by atomic mass is 10.1. The van der Waals surface area contributed by atoms with Gasteiger partial charge >= 0.3 is 0 Å². The number of rotatable bonds is 3. The third-order valence-electron chi connectivity index (χ3n) is 5.02. The number of benzene rings is 1. The summed E-state index contributed by atoms with van der Waals surface area (Å²) in [6.07, 6.45) is 1.67. The maximum Gasteiger partial charge on any atom is 0.253 e. The van der Waals surface area contributed by atoms with E-state index in [-0.39, 0.29) is 11.4 Å². The van der Waals surface area contributed by atoms with E-state index in [4.69, 9.17) is 0 Å². The van der Waals surface area contributed by atoms with Gasteiger partial charge in [0.2, 0.25) is 0 Å². The molecule has 0 radical (unpaired) electrons. The Labute approximate surface area is 162 Å². The highest BCUT2D eigenvalue weighted by molar-refractivity contribution is 5.94. The van der Waals surface area contributed by atoms with Crippen molar-refractivity contribution in [3.05, 3.63) is 53.2 Å². The quantitative estimate of drug-likeness (QED) is 0.902. The molecule has 1 aromatic heterocycles. The minimum Gasteiger partial charge on any atom is -0.368 e. The zero-order valence-electron chi connectivity index (χ0n) is 17.0. The summed E-state index contributed by atoms with van der Waals surface area (Å²) in [7, 11) is 0. The number of pyridine rings is 1. The topological polar surface area (TPSA) is 48.5 Å². The third-order valence-corrected chi connectivity index (χ3v) is 5.02. The van der Waals surface area contributed by atoms with Gasteiger partial charge in [-0.05, 0) is 63.9 Å². The second-order valence-electron chi connectivity index (χ2n) is 8.30. The average molecular weight is 367 g/mol. The molecule has 1 N–H and O–H groups in total. The lowest BCUT2D eigenvalue weighted by Gasteiger charge is -2.37. The molecule has 0 saturated carbocycles. The van der Waals surface area contributed by atoms with Crippen molar-refractivity contribution in [3.8, 4) is 0 Å². The number of nitrogens with zero attached hydrogens (tertiary/aromatic N) is 3. The molecule has 0 spiro atoms. The van der Waals surface area contributed by atoms with E-state index in [1.807, 2.05) is 32.9 Å². The number of aryl methyl sites for hydroxylation is 1. The first-order valence-electron chi connectivity index (χ1n) is 9.59. The standard InChI is InChI=1S/C22H30N4O/c1-16-7-6-8-19(17(16)2)25-11-13-26(14-12-25)20-10-9-18(15-23-20)21(27)24-22(3,4)5/h6-10,15H,11-14H2,1-5H3,(H,24,27). The molecule has 1 aromatic carbocycles. The van der Waals surface area contributed by atoms with Crippen LogP contribution in [0, 0.1) is 13.8 Å². The first-order valence-corrected chi connectivity index (χ1v) is 9.59. The number of hydrogen-bond acceptors (Lipinski definition) is 4. The SMILES string of the molecule is Cc1cccc(N2CCN(c3ccc(C(=O)NC(C)(C)C)cn3)CC2)c1C. The van der Waals surface area contributed by atoms with Gasteiger partial charge in [-0.2, -0.15) is 0 Å². The first-order chi connectivity index (χ1) is 12.7. The molecule has 0 unspecified atom stereocenters. The van der Waals surface area contributed by atoms with Crippen molar-refractivity contribution in [1.82, 2.24) is 10.3 Å². The zero-order valence-corrected chi connectivity index (χ0v) is 17.0. The van der Waals surface area contributed by atoms with Crippen LogP contribution < -0.4 is 15.1 Å². The molecule has 2 aromatic rings. The molecular formula is C22H30N4O. The molecule has 1 aliphatic rings. The molecular weight excluding hydrogens is 336 g/mol. The predicted molar refractivity (Wildman–Crippen MR) is 112 cm³/mol. The summed E-state index contributed by atoms with van der Waals surface area (Å²) in [5, 5.41) is 2.97. The van der Waals surface area contributed by atoms with Gasteiger partial charge in [-0.15, -0.1) is 0 Å². The molecule has 1 amide bonds. The Morgan fingerprint density at radius 1 is 1.00 bits per heavy atom. The summed E-state index contributed by atoms with van der Waals surface area (Å²) < 4.78 is 0. The van der Waals surface area contributed by atoms with Gasteiger partial charge in [0.25, 0.3) is 5.91 Å². The zero-order chi connectivity index (χ0) is 19.6. The molecule has 144 valence electrons. The van der Waals surface area contributed by atoms with Gasteiger partial charge in [0.1, 0.15) is 5.82 Å². The van der Waals surface area contributed by atoms with Gasteiger partial charge in [0, 0.05) is 43.6 Å². The Bertz CT molecular complexity index is 800. The highest BCUT2D eigenvalue weighted by atomic mass is 16.1. The van der Waals surface area contributed by atoms with Crippen LogP contribution in [0.25, 0.3) is 0 Å². The number of amides is 1. The molecule has 0 aliphatic carbocycles. The van der Waals surface area contributed by atoms with Crippen LogP contribution in [0.5, 0.6) is 0 Å². The van der Waals surface area contributed by atoms with E-state index in [0.717, 1.165) is 32.0 Å². The summed E-state index contributed by atoms with van der Waals surface area (Å²) in [5.41, 5.74) is 4.37. The van der Waals surface area contributed by atoms with Crippen molar-refractivity contribution in [1.29, 1.82) is 0 Å². The summed E-state index contributed by atoms with van der Waals surface area (Å²) >= 11 is 0. The number of anilines is 2. The van der Waals surface area contributed by atoms with Gasteiger partial charge in [0.15, 0.2) is 0 Å². The van der Waals surface area contributed by atoms with Gasteiger partial charge < -0.3 is 15.1 Å². The molecule has 1 aliphatic heterocycles. The highest BCUT2D eigenvalue weighted by Crippen LogP contribution is 2.25. The Morgan fingerprint density at radius 2 is 1.67 bits per heavy atom. The number of hydrogen-bond donors (Lipinski definition) is 1. The van der Waals surface area contributed by atoms with Gasteiger partial charge in [0.05, 0.1) is 5.56 Å². The fraction of sp³-hybridized carbons (Fsp3) is 0.455. The normalized spacial score (nSPS) is 15.0. The second-order valence-corrected chi connectivity index (χ2v) is 8.30. The van der Waals surface area contributed by atoms with Gasteiger partial charge in [-0.1, -0.05) is 12.1 Å². The van der Waals surface area contributed by atoms with E-state index in [9.17, 15) is 4.79 Å². The highest BCUT2D eigenvalue weighted by Gasteiger charge is 2.20. The van der Waals surface area contributed by atoms with Crippen molar-refractivity contribution >= 4 is 17.4 Å². The van der Waals surface area contributed by atoms with Crippen LogP contribution in [0.2, 0.25) is 0 Å². The maximum absolute atomic E-state index is 12.2. The molecule has 5 nitrogen and oxygen atoms in total. The second kappa shape index (κ2) is 7.59. The number of aromatic nitrogens is 1. The number of piperazine rings is 1. The molecule has 3 rings (SSSR count). The van der Waals surface area contributed by atoms with Crippen molar-refractivity contribution in [3.63, 3.8) is 0 Å². The predicted octanol–water partition coefficient (Wildman–Crippen LogP) is 3.55. The molecule has 0 bridgehead atoms. The van der Waals surface area contributed by atoms with Crippen molar-refractivity contribution in [2.24, 2.45) is 0 Å². The van der Waals surface area contributed by atoms with E-state index < -0.39 is 0 Å². The minimum atomic E-state index is -0.250. The van der Waals surface area contributed by atoms with Crippen LogP contribution in [-0.4, -0.2) is 42.6 Å². The summed E-state index contributed by atoms with van der Waals surface area (Å²) in [6, 6.07) is 10.3. The summed E-state index contributed by atoms with van der Waals surface area (Å²) in [6.45, 7) is 14.1. The third kappa shape index (κ3) is 4.59. The van der Waals surface area contributed by atoms with Crippen molar-refractivity contribution in [2.75, 3.05) is 36.0 Å². The van der Waals surface area contributed by atoms with Crippen LogP contribution >= 0.6 is 0 Å². The summed E-state index contributed by atoms with van der Waals surface area (Å²) in [5.74, 6) is 0.851. The summed E-state index contributed by atoms with van der Waals surface area (Å²) in [4.78, 5) is 21.5. The first kappa shape index (κ1) is 19.2. The van der Waals surface area contributed by atoms with Gasteiger partial charge in [-0.25, -0.2) is 4.98 Å². The van der Waals surface area contributed by atoms with E-state index in [2.05, 4.69) is 52.1 Å². The number of carbonyl (C=O) groups excluding carboxylic acids is 1. The Morgan fingerprint density at radius 3 is 2.26 bits per heavy atom. The lowest BCUT2D eigenvalue weighted by Crippen LogP contribution is -2.47. The van der Waals surface area contributed by atoms with E-state index in [1.165, 1.54) is 16.8 Å². The van der Waals surface area contributed by atoms with E-state index in [0.29, 0.717) is 5.56 Å². The number of nitrogens with one attached hydrogen (secondary N) is 1. The molecule has 2 heterocycles. The van der Waals surface area contributed by atoms with Crippen molar-refractivity contribution < 1.29 is 4.79 Å². The smallest absolute Gasteiger partial charge is 0.253 e. The monoisotopic (exact) mass is 366 g/mol. The van der Waals surface area contributed by atoms with Crippen LogP contribution in [0.1, 0.15) is 42.3 Å². The Balaban J connectivity index is 1.63. The molecule has 1 saturated heterocycles. The lowest BCUT2D eigenvalue weighted by molar-refractivity contribution is 0.0919. The van der Waals surface area contributed by atoms with Gasteiger partial charge in [-0.3, -0.25) is 4.79 Å². The molecule has 1 fully saturated rings. The Hall–Kier alpha value is -2.56. The van der Waals surface area contributed by atoms with E-state index in [1.54, 1.807) is 6.20 Å². The van der Waals surface area contributed by atoms with Crippen LogP contribution in [-0.2, 0) is 0 Å². The Kier molecular flexibility index (Phi) is 5.40. The van der Waals surface area contributed by atoms with Crippen LogP contribution in [0.15, 0.2) is 36.5 Å². The molecule has 27 heavy (non-hydrogen) atoms. The minimum absolute atomic E-state index is 0.0821. The fourth-order valence-corrected chi connectivity index (χ4v) is 3.37. The largest absolute Gasteiger partial charge is 0.368 e.